The first-order chi connectivity index (χ1) is 22.4. The molecule has 1 aliphatic heterocycles. The number of phenols is 1. The third-order valence-electron chi connectivity index (χ3n) is 10.3. The summed E-state index contributed by atoms with van der Waals surface area (Å²) in [6.07, 6.45) is 14.6. The van der Waals surface area contributed by atoms with Gasteiger partial charge in [0.2, 0.25) is 0 Å². The molecular weight excluding hydrogens is 586 g/mol. The number of aromatic amines is 1. The first-order valence-corrected chi connectivity index (χ1v) is 17.5. The number of hydrogen-bond acceptors (Lipinski definition) is 6. The van der Waals surface area contributed by atoms with Crippen molar-refractivity contribution in [3.63, 3.8) is 0 Å². The van der Waals surface area contributed by atoms with E-state index in [4.69, 9.17) is 4.74 Å². The molecule has 0 radical (unpaired) electrons. The quantitative estimate of drug-likeness (QED) is 0.160. The smallest absolute Gasteiger partial charge is 0.137 e. The fourth-order valence-electron chi connectivity index (χ4n) is 7.48. The summed E-state index contributed by atoms with van der Waals surface area (Å²) < 4.78 is 8.25. The summed E-state index contributed by atoms with van der Waals surface area (Å²) in [5.41, 5.74) is 5.48. The average molecular weight is 642 g/mol. The van der Waals surface area contributed by atoms with E-state index in [1.807, 2.05) is 10.7 Å². The lowest BCUT2D eigenvalue weighted by Gasteiger charge is -2.47. The maximum atomic E-state index is 12.1. The number of ketones is 1. The number of ether oxygens (including phenoxy) is 1. The molecule has 3 heterocycles. The van der Waals surface area contributed by atoms with Crippen molar-refractivity contribution in [2.24, 2.45) is 5.92 Å². The van der Waals surface area contributed by atoms with E-state index in [1.165, 1.54) is 47.7 Å². The lowest BCUT2D eigenvalue weighted by molar-refractivity contribution is -0.124. The third kappa shape index (κ3) is 8.26. The number of phenolic OH excluding ortho intramolecular Hbond substituents is 1. The average Bonchev–Trinajstić information content (AvgIpc) is 3.67. The van der Waals surface area contributed by atoms with Crippen LogP contribution in [0.2, 0.25) is 0 Å². The van der Waals surface area contributed by atoms with Crippen molar-refractivity contribution in [1.82, 2.24) is 24.6 Å². The number of Topliss-reactive ketones (excluding diaryl/α,β-unsaturated/α-hetero) is 1. The second-order valence-electron chi connectivity index (χ2n) is 15.1. The van der Waals surface area contributed by atoms with E-state index >= 15 is 0 Å². The molecule has 2 N–H and O–H groups in total. The largest absolute Gasteiger partial charge is 0.508 e. The van der Waals surface area contributed by atoms with Crippen molar-refractivity contribution in [1.29, 1.82) is 0 Å². The van der Waals surface area contributed by atoms with Gasteiger partial charge in [-0.2, -0.15) is 5.10 Å². The first kappa shape index (κ1) is 34.7. The molecule has 2 aromatic carbocycles. The van der Waals surface area contributed by atoms with Gasteiger partial charge in [0.1, 0.15) is 35.5 Å². The Kier molecular flexibility index (Phi) is 10.8. The van der Waals surface area contributed by atoms with Gasteiger partial charge in [-0.3, -0.25) is 4.79 Å². The summed E-state index contributed by atoms with van der Waals surface area (Å²) in [5, 5.41) is 16.4. The van der Waals surface area contributed by atoms with Gasteiger partial charge in [0.15, 0.2) is 0 Å². The van der Waals surface area contributed by atoms with E-state index in [2.05, 4.69) is 99.1 Å². The number of carbonyl (C=O) groups excluding carboxylic acids is 1. The summed E-state index contributed by atoms with van der Waals surface area (Å²) in [5.74, 6) is 1.75. The molecule has 1 fully saturated rings. The van der Waals surface area contributed by atoms with Crippen molar-refractivity contribution in [2.45, 2.75) is 116 Å². The van der Waals surface area contributed by atoms with Crippen LogP contribution in [-0.2, 0) is 23.2 Å². The number of nitrogens with zero attached hydrogens (tertiary/aromatic N) is 4. The predicted molar refractivity (Wildman–Crippen MR) is 189 cm³/mol. The van der Waals surface area contributed by atoms with Crippen LogP contribution in [0.15, 0.2) is 49.2 Å². The van der Waals surface area contributed by atoms with Crippen molar-refractivity contribution >= 4 is 16.7 Å². The van der Waals surface area contributed by atoms with Gasteiger partial charge in [-0.1, -0.05) is 52.5 Å². The van der Waals surface area contributed by atoms with Crippen molar-refractivity contribution in [3.05, 3.63) is 71.4 Å². The van der Waals surface area contributed by atoms with Gasteiger partial charge in [-0.05, 0) is 93.6 Å². The molecule has 2 aromatic heterocycles. The van der Waals surface area contributed by atoms with Gasteiger partial charge in [-0.25, -0.2) is 9.67 Å². The molecule has 47 heavy (non-hydrogen) atoms. The molecule has 8 nitrogen and oxygen atoms in total. The number of fused-ring (bicyclic) bond motifs is 4. The van der Waals surface area contributed by atoms with Crippen LogP contribution in [0.5, 0.6) is 11.5 Å². The predicted octanol–water partition coefficient (Wildman–Crippen LogP) is 8.18. The topological polar surface area (TPSA) is 96.3 Å². The second-order valence-corrected chi connectivity index (χ2v) is 15.1. The van der Waals surface area contributed by atoms with E-state index in [0.29, 0.717) is 24.4 Å². The number of nitrogens with one attached hydrogen (secondary N) is 1. The number of H-pyrrole nitrogens is 1. The van der Waals surface area contributed by atoms with Gasteiger partial charge in [-0.15, -0.1) is 0 Å². The molecule has 6 rings (SSSR count). The Morgan fingerprint density at radius 2 is 1.96 bits per heavy atom. The zero-order valence-electron chi connectivity index (χ0n) is 29.6. The van der Waals surface area contributed by atoms with Crippen LogP contribution in [0, 0.1) is 5.92 Å². The molecule has 0 spiro atoms. The molecule has 0 bridgehead atoms. The zero-order valence-corrected chi connectivity index (χ0v) is 29.6. The molecule has 2 atom stereocenters. The Morgan fingerprint density at radius 1 is 1.15 bits per heavy atom. The van der Waals surface area contributed by atoms with Crippen LogP contribution in [0.3, 0.4) is 0 Å². The fraction of sp³-hybridized carbons (Fsp3) is 0.564. The molecule has 254 valence electrons. The Morgan fingerprint density at radius 3 is 2.68 bits per heavy atom. The van der Waals surface area contributed by atoms with Crippen LogP contribution in [0.1, 0.15) is 114 Å². The number of aromatic hydroxyl groups is 1. The normalized spacial score (nSPS) is 18.8. The Bertz CT molecular complexity index is 1640. The first-order valence-electron chi connectivity index (χ1n) is 17.5. The van der Waals surface area contributed by atoms with Gasteiger partial charge in [0, 0.05) is 53.9 Å². The standard InChI is InChI=1S/C24H36O3.C15H19N5/c1-6-7-8-9-12-23(2,3)16-13-20(26)22-18-15-17(25)10-11-19(18)24(4,5)27-21(22)14-16;1-19(2)6-5-13-8-17-15-4-3-12(7-14(13)15)9-20-11-16-10-18-20/h13-14,18-19,26H,6-12,15H2,1-5H3;3-4,7-8,10-11,17H,5-6,9H2,1-2H3/t18-,19-;/m1./s1. The van der Waals surface area contributed by atoms with Crippen LogP contribution in [-0.4, -0.2) is 61.8 Å². The highest BCUT2D eigenvalue weighted by atomic mass is 16.5. The van der Waals surface area contributed by atoms with Gasteiger partial charge in [0.05, 0.1) is 6.54 Å². The lowest BCUT2D eigenvalue weighted by atomic mass is 9.66. The SMILES string of the molecule is CCCCCCC(C)(C)c1cc(O)c2c(c1)OC(C)(C)[C@@H]1CCC(=O)C[C@@H]21.CN(C)CCc1c[nH]c2ccc(Cn3cncn3)cc12. The Hall–Kier alpha value is -3.65. The summed E-state index contributed by atoms with van der Waals surface area (Å²) in [6.45, 7) is 12.8. The minimum absolute atomic E-state index is 0.00696. The molecule has 1 aliphatic carbocycles. The lowest BCUT2D eigenvalue weighted by Crippen LogP contribution is -2.47. The Labute approximate surface area is 280 Å². The number of hydrogen-bond donors (Lipinski definition) is 2. The monoisotopic (exact) mass is 641 g/mol. The summed E-state index contributed by atoms with van der Waals surface area (Å²) in [7, 11) is 4.20. The summed E-state index contributed by atoms with van der Waals surface area (Å²) in [6, 6.07) is 10.6. The zero-order chi connectivity index (χ0) is 33.8. The highest BCUT2D eigenvalue weighted by molar-refractivity contribution is 5.84. The number of likely N-dealkylation sites (N-methyl/N-ethyl adjacent to an activating group) is 1. The maximum absolute atomic E-state index is 12.1. The molecule has 0 saturated heterocycles. The van der Waals surface area contributed by atoms with Crippen molar-refractivity contribution in [3.8, 4) is 11.5 Å². The third-order valence-corrected chi connectivity index (χ3v) is 10.3. The van der Waals surface area contributed by atoms with Gasteiger partial charge < -0.3 is 19.7 Å². The van der Waals surface area contributed by atoms with E-state index in [9.17, 15) is 9.90 Å². The van der Waals surface area contributed by atoms with Crippen LogP contribution >= 0.6 is 0 Å². The summed E-state index contributed by atoms with van der Waals surface area (Å²) >= 11 is 0. The summed E-state index contributed by atoms with van der Waals surface area (Å²) in [4.78, 5) is 21.7. The highest BCUT2D eigenvalue weighted by Crippen LogP contribution is 2.54. The van der Waals surface area contributed by atoms with Crippen LogP contribution in [0.25, 0.3) is 10.9 Å². The number of unbranched alkanes of at least 4 members (excludes halogenated alkanes) is 3. The second kappa shape index (κ2) is 14.6. The number of carbonyl (C=O) groups is 1. The number of aromatic nitrogens is 4. The van der Waals surface area contributed by atoms with Crippen LogP contribution < -0.4 is 4.74 Å². The van der Waals surface area contributed by atoms with Crippen LogP contribution in [0.4, 0.5) is 0 Å². The minimum Gasteiger partial charge on any atom is -0.508 e. The number of rotatable bonds is 11. The fourth-order valence-corrected chi connectivity index (χ4v) is 7.48. The van der Waals surface area contributed by atoms with Gasteiger partial charge >= 0.3 is 0 Å². The Balaban J connectivity index is 0.000000193. The van der Waals surface area contributed by atoms with E-state index in [0.717, 1.165) is 49.2 Å². The molecule has 2 aliphatic rings. The van der Waals surface area contributed by atoms with Crippen molar-refractivity contribution < 1.29 is 14.6 Å². The number of benzene rings is 2. The van der Waals surface area contributed by atoms with E-state index < -0.39 is 0 Å². The molecule has 0 amide bonds. The minimum atomic E-state index is -0.311. The maximum Gasteiger partial charge on any atom is 0.137 e. The highest BCUT2D eigenvalue weighted by Gasteiger charge is 2.47. The molecule has 8 heteroatoms. The molecular formula is C39H55N5O3. The van der Waals surface area contributed by atoms with Gasteiger partial charge in [0.25, 0.3) is 0 Å². The molecule has 1 saturated carbocycles. The molecule has 4 aromatic rings. The molecule has 0 unspecified atom stereocenters. The van der Waals surface area contributed by atoms with E-state index in [-0.39, 0.29) is 22.9 Å². The van der Waals surface area contributed by atoms with Crippen molar-refractivity contribution in [2.75, 3.05) is 20.6 Å². The van der Waals surface area contributed by atoms with E-state index in [1.54, 1.807) is 12.7 Å².